The van der Waals surface area contributed by atoms with Crippen LogP contribution in [0, 0.1) is 0 Å². The fourth-order valence-corrected chi connectivity index (χ4v) is 1.96. The highest BCUT2D eigenvalue weighted by atomic mass is 35.5. The zero-order chi connectivity index (χ0) is 12.3. The summed E-state index contributed by atoms with van der Waals surface area (Å²) in [4.78, 5) is 10.9. The third kappa shape index (κ3) is 2.99. The highest BCUT2D eigenvalue weighted by Crippen LogP contribution is 2.26. The molecular weight excluding hydrogens is 250 g/mol. The summed E-state index contributed by atoms with van der Waals surface area (Å²) in [6.45, 7) is 0. The molecule has 1 aliphatic rings. The van der Waals surface area contributed by atoms with Crippen LogP contribution in [-0.4, -0.2) is 29.7 Å². The fraction of sp³-hybridized carbons (Fsp3) is 0.889. The number of carbonyl (C=O) groups is 1. The maximum absolute atomic E-state index is 12.6. The van der Waals surface area contributed by atoms with Gasteiger partial charge in [-0.1, -0.05) is 12.8 Å². The molecule has 2 atom stereocenters. The number of carbonyl (C=O) groups excluding carboxylic acids is 1. The molecule has 1 rings (SSSR count). The maximum Gasteiger partial charge on any atom is 0.383 e. The van der Waals surface area contributed by atoms with Crippen molar-refractivity contribution < 1.29 is 22.4 Å². The molecule has 2 unspecified atom stereocenters. The second-order valence-electron chi connectivity index (χ2n) is 3.80. The molecule has 0 aliphatic heterocycles. The van der Waals surface area contributed by atoms with Crippen LogP contribution in [0.15, 0.2) is 0 Å². The standard InChI is InChI=1S/C9H12ClF4NO/c10-5-3-1-2-4-6(5)15-8(16)9(13,14)7(11)12/h5-7H,1-4H2,(H,15,16). The Morgan fingerprint density at radius 3 is 2.38 bits per heavy atom. The van der Waals surface area contributed by atoms with Crippen LogP contribution in [0.4, 0.5) is 17.6 Å². The van der Waals surface area contributed by atoms with Crippen LogP contribution >= 0.6 is 11.6 Å². The van der Waals surface area contributed by atoms with Crippen molar-refractivity contribution in [3.05, 3.63) is 0 Å². The summed E-state index contributed by atoms with van der Waals surface area (Å²) in [5.74, 6) is -6.59. The second kappa shape index (κ2) is 5.21. The van der Waals surface area contributed by atoms with Gasteiger partial charge in [0.1, 0.15) is 0 Å². The molecule has 0 aromatic carbocycles. The van der Waals surface area contributed by atoms with Crippen molar-refractivity contribution in [1.29, 1.82) is 0 Å². The van der Waals surface area contributed by atoms with Gasteiger partial charge in [-0.25, -0.2) is 8.78 Å². The first-order chi connectivity index (χ1) is 7.35. The Morgan fingerprint density at radius 1 is 1.31 bits per heavy atom. The van der Waals surface area contributed by atoms with Crippen molar-refractivity contribution in [1.82, 2.24) is 5.32 Å². The molecule has 1 saturated carbocycles. The molecule has 7 heteroatoms. The van der Waals surface area contributed by atoms with Crippen LogP contribution < -0.4 is 5.32 Å². The first kappa shape index (κ1) is 13.5. The molecule has 1 fully saturated rings. The summed E-state index contributed by atoms with van der Waals surface area (Å²) < 4.78 is 49.0. The zero-order valence-electron chi connectivity index (χ0n) is 8.36. The van der Waals surface area contributed by atoms with Gasteiger partial charge < -0.3 is 5.32 Å². The van der Waals surface area contributed by atoms with Crippen molar-refractivity contribution in [3.8, 4) is 0 Å². The first-order valence-electron chi connectivity index (χ1n) is 4.96. The summed E-state index contributed by atoms with van der Waals surface area (Å²) in [6, 6.07) is -0.646. The Morgan fingerprint density at radius 2 is 1.88 bits per heavy atom. The van der Waals surface area contributed by atoms with Gasteiger partial charge in [-0.2, -0.15) is 8.78 Å². The largest absolute Gasteiger partial charge is 0.383 e. The number of hydrogen-bond donors (Lipinski definition) is 1. The number of nitrogens with one attached hydrogen (secondary N) is 1. The van der Waals surface area contributed by atoms with Crippen molar-refractivity contribution in [2.24, 2.45) is 0 Å². The van der Waals surface area contributed by atoms with Gasteiger partial charge in [0.2, 0.25) is 0 Å². The molecule has 94 valence electrons. The topological polar surface area (TPSA) is 29.1 Å². The quantitative estimate of drug-likeness (QED) is 0.614. The van der Waals surface area contributed by atoms with Crippen LogP contribution in [0.2, 0.25) is 0 Å². The lowest BCUT2D eigenvalue weighted by atomic mass is 9.95. The Labute approximate surface area is 95.3 Å². The lowest BCUT2D eigenvalue weighted by Crippen LogP contribution is -2.52. The van der Waals surface area contributed by atoms with Gasteiger partial charge in [0, 0.05) is 6.04 Å². The molecule has 0 saturated heterocycles. The second-order valence-corrected chi connectivity index (χ2v) is 4.36. The number of hydrogen-bond acceptors (Lipinski definition) is 1. The van der Waals surface area contributed by atoms with E-state index >= 15 is 0 Å². The number of amides is 1. The average molecular weight is 262 g/mol. The molecule has 2 nitrogen and oxygen atoms in total. The smallest absolute Gasteiger partial charge is 0.346 e. The van der Waals surface area contributed by atoms with E-state index in [1.807, 2.05) is 5.32 Å². The molecular formula is C9H12ClF4NO. The first-order valence-corrected chi connectivity index (χ1v) is 5.40. The molecule has 1 N–H and O–H groups in total. The predicted octanol–water partition coefficient (Wildman–Crippen LogP) is 2.55. The monoisotopic (exact) mass is 261 g/mol. The predicted molar refractivity (Wildman–Crippen MR) is 51.0 cm³/mol. The van der Waals surface area contributed by atoms with E-state index in [1.165, 1.54) is 0 Å². The van der Waals surface area contributed by atoms with E-state index < -0.39 is 29.7 Å². The van der Waals surface area contributed by atoms with Gasteiger partial charge in [0.25, 0.3) is 5.91 Å². The molecule has 0 spiro atoms. The number of alkyl halides is 5. The van der Waals surface area contributed by atoms with Crippen LogP contribution in [0.5, 0.6) is 0 Å². The van der Waals surface area contributed by atoms with Crippen LogP contribution in [0.3, 0.4) is 0 Å². The molecule has 0 aromatic rings. The molecule has 0 aromatic heterocycles. The van der Waals surface area contributed by atoms with E-state index in [4.69, 9.17) is 11.6 Å². The van der Waals surface area contributed by atoms with E-state index in [-0.39, 0.29) is 0 Å². The number of rotatable bonds is 3. The lowest BCUT2D eigenvalue weighted by Gasteiger charge is -2.29. The maximum atomic E-state index is 12.6. The molecule has 0 heterocycles. The van der Waals surface area contributed by atoms with Gasteiger partial charge in [-0.3, -0.25) is 4.79 Å². The Bertz CT molecular complexity index is 262. The summed E-state index contributed by atoms with van der Waals surface area (Å²) in [5, 5.41) is 1.42. The summed E-state index contributed by atoms with van der Waals surface area (Å²) in [7, 11) is 0. The third-order valence-corrected chi connectivity index (χ3v) is 3.10. The molecule has 1 amide bonds. The minimum Gasteiger partial charge on any atom is -0.346 e. The van der Waals surface area contributed by atoms with Gasteiger partial charge >= 0.3 is 12.3 Å². The lowest BCUT2D eigenvalue weighted by molar-refractivity contribution is -0.170. The van der Waals surface area contributed by atoms with E-state index in [2.05, 4.69) is 0 Å². The third-order valence-electron chi connectivity index (χ3n) is 2.57. The molecule has 1 aliphatic carbocycles. The summed E-state index contributed by atoms with van der Waals surface area (Å²) >= 11 is 5.81. The van der Waals surface area contributed by atoms with Gasteiger partial charge in [-0.05, 0) is 12.8 Å². The minimum absolute atomic E-state index is 0.444. The van der Waals surface area contributed by atoms with Crippen molar-refractivity contribution in [3.63, 3.8) is 0 Å². The SMILES string of the molecule is O=C(NC1CCCCC1Cl)C(F)(F)C(F)F. The van der Waals surface area contributed by atoms with Crippen LogP contribution in [0.25, 0.3) is 0 Å². The van der Waals surface area contributed by atoms with E-state index in [0.717, 1.165) is 12.8 Å². The van der Waals surface area contributed by atoms with Crippen molar-refractivity contribution >= 4 is 17.5 Å². The summed E-state index contributed by atoms with van der Waals surface area (Å²) in [5.41, 5.74) is 0. The van der Waals surface area contributed by atoms with E-state index in [9.17, 15) is 22.4 Å². The Hall–Kier alpha value is -0.520. The average Bonchev–Trinajstić information content (AvgIpc) is 2.21. The summed E-state index contributed by atoms with van der Waals surface area (Å²) in [6.07, 6.45) is -1.36. The van der Waals surface area contributed by atoms with Crippen LogP contribution in [0.1, 0.15) is 25.7 Å². The van der Waals surface area contributed by atoms with Crippen molar-refractivity contribution in [2.45, 2.75) is 49.5 Å². The minimum atomic E-state index is -4.64. The van der Waals surface area contributed by atoms with Crippen molar-refractivity contribution in [2.75, 3.05) is 0 Å². The fourth-order valence-electron chi connectivity index (χ4n) is 1.61. The van der Waals surface area contributed by atoms with Gasteiger partial charge in [-0.15, -0.1) is 11.6 Å². The van der Waals surface area contributed by atoms with E-state index in [0.29, 0.717) is 12.8 Å². The van der Waals surface area contributed by atoms with Crippen LogP contribution in [-0.2, 0) is 4.79 Å². The van der Waals surface area contributed by atoms with Gasteiger partial charge in [0.05, 0.1) is 5.38 Å². The number of halogens is 5. The highest BCUT2D eigenvalue weighted by Gasteiger charge is 2.49. The molecule has 0 radical (unpaired) electrons. The highest BCUT2D eigenvalue weighted by molar-refractivity contribution is 6.21. The zero-order valence-corrected chi connectivity index (χ0v) is 9.11. The molecule has 0 bridgehead atoms. The Kier molecular flexibility index (Phi) is 4.41. The van der Waals surface area contributed by atoms with E-state index in [1.54, 1.807) is 0 Å². The normalized spacial score (nSPS) is 26.9. The molecule has 16 heavy (non-hydrogen) atoms. The van der Waals surface area contributed by atoms with Gasteiger partial charge in [0.15, 0.2) is 0 Å². The Balaban J connectivity index is 2.56.